The molecule has 0 amide bonds. The molecule has 1 N–H and O–H groups in total. The molecule has 0 saturated heterocycles. The smallest absolute Gasteiger partial charge is 0.00141 e. The van der Waals surface area contributed by atoms with Crippen molar-refractivity contribution in [3.63, 3.8) is 0 Å². The predicted molar refractivity (Wildman–Crippen MR) is 50.8 cm³/mol. The summed E-state index contributed by atoms with van der Waals surface area (Å²) in [7, 11) is 1.99. The van der Waals surface area contributed by atoms with E-state index in [0.717, 1.165) is 12.5 Å². The van der Waals surface area contributed by atoms with Crippen LogP contribution in [0, 0.1) is 5.92 Å². The van der Waals surface area contributed by atoms with Crippen LogP contribution in [0.2, 0.25) is 0 Å². The Morgan fingerprint density at radius 1 is 1.40 bits per heavy atom. The van der Waals surface area contributed by atoms with E-state index in [1.54, 1.807) is 0 Å². The van der Waals surface area contributed by atoms with Crippen molar-refractivity contribution in [2.45, 2.75) is 31.9 Å². The first kappa shape index (κ1) is 10.3. The average Bonchev–Trinajstić information content (AvgIpc) is 1.88. The van der Waals surface area contributed by atoms with Gasteiger partial charge in [0.25, 0.3) is 0 Å². The molecule has 0 aromatic carbocycles. The summed E-state index contributed by atoms with van der Waals surface area (Å²) in [4.78, 5) is 0. The lowest BCUT2D eigenvalue weighted by atomic mass is 10.0. The Morgan fingerprint density at radius 2 is 2.00 bits per heavy atom. The molecule has 0 saturated carbocycles. The molecule has 0 fully saturated rings. The maximum Gasteiger partial charge on any atom is 0.00141 e. The monoisotopic (exact) mass is 161 g/mol. The first-order valence-corrected chi connectivity index (χ1v) is 4.52. The minimum absolute atomic E-state index is 0.539. The summed E-state index contributed by atoms with van der Waals surface area (Å²) in [5, 5.41) is 3.68. The summed E-state index contributed by atoms with van der Waals surface area (Å²) in [5.74, 6) is 0.747. The van der Waals surface area contributed by atoms with Crippen molar-refractivity contribution in [1.82, 2.24) is 5.32 Å². The van der Waals surface area contributed by atoms with Crippen molar-refractivity contribution >= 4 is 12.6 Å². The van der Waals surface area contributed by atoms with Crippen LogP contribution in [-0.2, 0) is 0 Å². The highest BCUT2D eigenvalue weighted by molar-refractivity contribution is 7.80. The third kappa shape index (κ3) is 5.12. The molecular formula is C8H19NS. The van der Waals surface area contributed by atoms with Gasteiger partial charge in [0.05, 0.1) is 0 Å². The SMILES string of the molecule is CNCCCC(C)C(C)S. The van der Waals surface area contributed by atoms with Crippen LogP contribution in [0.4, 0.5) is 0 Å². The van der Waals surface area contributed by atoms with Gasteiger partial charge < -0.3 is 5.32 Å². The van der Waals surface area contributed by atoms with Gasteiger partial charge in [-0.2, -0.15) is 12.6 Å². The topological polar surface area (TPSA) is 12.0 Å². The van der Waals surface area contributed by atoms with Gasteiger partial charge in [-0.05, 0) is 32.4 Å². The lowest BCUT2D eigenvalue weighted by Crippen LogP contribution is -2.12. The fourth-order valence-electron chi connectivity index (χ4n) is 0.842. The summed E-state index contributed by atoms with van der Waals surface area (Å²) in [5.41, 5.74) is 0. The van der Waals surface area contributed by atoms with Gasteiger partial charge in [-0.3, -0.25) is 0 Å². The lowest BCUT2D eigenvalue weighted by Gasteiger charge is -2.13. The zero-order valence-corrected chi connectivity index (χ0v) is 8.12. The largest absolute Gasteiger partial charge is 0.320 e. The molecule has 0 aliphatic heterocycles. The number of hydrogen-bond donors (Lipinski definition) is 2. The molecule has 0 bridgehead atoms. The molecule has 0 heterocycles. The number of thiol groups is 1. The second kappa shape index (κ2) is 6.05. The van der Waals surface area contributed by atoms with Crippen molar-refractivity contribution < 1.29 is 0 Å². The van der Waals surface area contributed by atoms with Crippen LogP contribution in [0.3, 0.4) is 0 Å². The second-order valence-electron chi connectivity index (χ2n) is 2.96. The zero-order chi connectivity index (χ0) is 7.98. The maximum atomic E-state index is 4.37. The Hall–Kier alpha value is 0.310. The molecule has 0 aliphatic carbocycles. The van der Waals surface area contributed by atoms with E-state index in [0.29, 0.717) is 5.25 Å². The molecule has 1 nitrogen and oxygen atoms in total. The van der Waals surface area contributed by atoms with E-state index in [4.69, 9.17) is 0 Å². The average molecular weight is 161 g/mol. The Balaban J connectivity index is 3.13. The van der Waals surface area contributed by atoms with Gasteiger partial charge in [0.1, 0.15) is 0 Å². The molecule has 0 aromatic rings. The maximum absolute atomic E-state index is 4.37. The third-order valence-electron chi connectivity index (χ3n) is 1.91. The number of rotatable bonds is 5. The van der Waals surface area contributed by atoms with Crippen molar-refractivity contribution in [3.8, 4) is 0 Å². The Labute approximate surface area is 70.0 Å². The van der Waals surface area contributed by atoms with Crippen LogP contribution in [0.15, 0.2) is 0 Å². The highest BCUT2D eigenvalue weighted by Crippen LogP contribution is 2.14. The normalized spacial score (nSPS) is 16.8. The van der Waals surface area contributed by atoms with E-state index in [-0.39, 0.29) is 0 Å². The number of hydrogen-bond acceptors (Lipinski definition) is 2. The molecule has 10 heavy (non-hydrogen) atoms. The molecule has 0 spiro atoms. The molecule has 0 aliphatic rings. The van der Waals surface area contributed by atoms with Gasteiger partial charge in [-0.25, -0.2) is 0 Å². The van der Waals surface area contributed by atoms with Crippen molar-refractivity contribution in [2.24, 2.45) is 5.92 Å². The van der Waals surface area contributed by atoms with Crippen LogP contribution in [-0.4, -0.2) is 18.8 Å². The van der Waals surface area contributed by atoms with Crippen LogP contribution in [0.25, 0.3) is 0 Å². The standard InChI is InChI=1S/C8H19NS/c1-7(8(2)10)5-4-6-9-3/h7-10H,4-6H2,1-3H3. The minimum atomic E-state index is 0.539. The van der Waals surface area contributed by atoms with Crippen molar-refractivity contribution in [2.75, 3.05) is 13.6 Å². The van der Waals surface area contributed by atoms with E-state index in [1.165, 1.54) is 12.8 Å². The van der Waals surface area contributed by atoms with Crippen molar-refractivity contribution in [3.05, 3.63) is 0 Å². The molecule has 0 rings (SSSR count). The van der Waals surface area contributed by atoms with Crippen LogP contribution >= 0.6 is 12.6 Å². The summed E-state index contributed by atoms with van der Waals surface area (Å²) in [6.07, 6.45) is 2.55. The summed E-state index contributed by atoms with van der Waals surface area (Å²) < 4.78 is 0. The Morgan fingerprint density at radius 3 is 2.40 bits per heavy atom. The minimum Gasteiger partial charge on any atom is -0.320 e. The molecule has 62 valence electrons. The predicted octanol–water partition coefficient (Wildman–Crippen LogP) is 1.94. The van der Waals surface area contributed by atoms with Crippen molar-refractivity contribution in [1.29, 1.82) is 0 Å². The molecule has 0 radical (unpaired) electrons. The van der Waals surface area contributed by atoms with E-state index < -0.39 is 0 Å². The van der Waals surface area contributed by atoms with E-state index in [1.807, 2.05) is 7.05 Å². The molecule has 2 atom stereocenters. The third-order valence-corrected chi connectivity index (χ3v) is 2.42. The van der Waals surface area contributed by atoms with Gasteiger partial charge in [0.2, 0.25) is 0 Å². The first-order valence-electron chi connectivity index (χ1n) is 4.01. The van der Waals surface area contributed by atoms with Crippen LogP contribution < -0.4 is 5.32 Å². The Kier molecular flexibility index (Phi) is 6.24. The summed E-state index contributed by atoms with van der Waals surface area (Å²) in [6.45, 7) is 5.55. The lowest BCUT2D eigenvalue weighted by molar-refractivity contribution is 0.500. The van der Waals surface area contributed by atoms with Gasteiger partial charge in [0.15, 0.2) is 0 Å². The molecule has 2 heteroatoms. The number of nitrogens with one attached hydrogen (secondary N) is 1. The fraction of sp³-hybridized carbons (Fsp3) is 1.00. The zero-order valence-electron chi connectivity index (χ0n) is 7.22. The fourth-order valence-corrected chi connectivity index (χ4v) is 0.991. The quantitative estimate of drug-likeness (QED) is 0.464. The molecular weight excluding hydrogens is 142 g/mol. The second-order valence-corrected chi connectivity index (χ2v) is 3.78. The van der Waals surface area contributed by atoms with E-state index in [2.05, 4.69) is 31.8 Å². The highest BCUT2D eigenvalue weighted by Gasteiger charge is 2.05. The van der Waals surface area contributed by atoms with E-state index >= 15 is 0 Å². The van der Waals surface area contributed by atoms with Crippen LogP contribution in [0.1, 0.15) is 26.7 Å². The molecule has 0 aromatic heterocycles. The van der Waals surface area contributed by atoms with Crippen LogP contribution in [0.5, 0.6) is 0 Å². The highest BCUT2D eigenvalue weighted by atomic mass is 32.1. The first-order chi connectivity index (χ1) is 4.68. The van der Waals surface area contributed by atoms with E-state index in [9.17, 15) is 0 Å². The van der Waals surface area contributed by atoms with Gasteiger partial charge in [-0.15, -0.1) is 0 Å². The molecule has 2 unspecified atom stereocenters. The summed E-state index contributed by atoms with van der Waals surface area (Å²) >= 11 is 4.37. The van der Waals surface area contributed by atoms with Gasteiger partial charge >= 0.3 is 0 Å². The van der Waals surface area contributed by atoms with Gasteiger partial charge in [0, 0.05) is 5.25 Å². The summed E-state index contributed by atoms with van der Waals surface area (Å²) in [6, 6.07) is 0. The Bertz CT molecular complexity index is 73.7. The van der Waals surface area contributed by atoms with Gasteiger partial charge in [-0.1, -0.05) is 13.8 Å².